The van der Waals surface area contributed by atoms with Crippen LogP contribution in [-0.4, -0.2) is 30.3 Å². The Morgan fingerprint density at radius 2 is 2.08 bits per heavy atom. The van der Waals surface area contributed by atoms with Crippen molar-refractivity contribution in [2.45, 2.75) is 32.9 Å². The molecule has 7 heteroatoms. The molecule has 0 unspecified atom stereocenters. The van der Waals surface area contributed by atoms with Gasteiger partial charge in [0.05, 0.1) is 23.2 Å². The second kappa shape index (κ2) is 10.5. The molecule has 2 rings (SSSR count). The highest BCUT2D eigenvalue weighted by Crippen LogP contribution is 2.30. The number of nitrogens with one attached hydrogen (secondary N) is 1. The Morgan fingerprint density at radius 1 is 1.32 bits per heavy atom. The minimum atomic E-state index is -0.995. The van der Waals surface area contributed by atoms with Crippen LogP contribution < -0.4 is 5.32 Å². The molecule has 0 bridgehead atoms. The Balaban J connectivity index is 0.00000312. The number of halogens is 2. The van der Waals surface area contributed by atoms with Crippen molar-refractivity contribution in [1.82, 2.24) is 5.32 Å². The van der Waals surface area contributed by atoms with Gasteiger partial charge >= 0.3 is 5.97 Å². The van der Waals surface area contributed by atoms with Crippen LogP contribution in [0.25, 0.3) is 11.3 Å². The predicted molar refractivity (Wildman–Crippen MR) is 101 cm³/mol. The van der Waals surface area contributed by atoms with Gasteiger partial charge in [0.1, 0.15) is 11.5 Å². The summed E-state index contributed by atoms with van der Waals surface area (Å²) in [7, 11) is 0. The van der Waals surface area contributed by atoms with Crippen molar-refractivity contribution < 1.29 is 19.1 Å². The summed E-state index contributed by atoms with van der Waals surface area (Å²) in [6.45, 7) is 6.19. The first-order valence-electron chi connectivity index (χ1n) is 7.91. The number of carboxylic acid groups (broad SMARTS) is 1. The Bertz CT molecular complexity index is 685. The third-order valence-corrected chi connectivity index (χ3v) is 3.72. The highest BCUT2D eigenvalue weighted by atomic mass is 35.5. The number of furan rings is 1. The molecule has 1 heterocycles. The zero-order chi connectivity index (χ0) is 17.5. The summed E-state index contributed by atoms with van der Waals surface area (Å²) in [4.78, 5) is 11.1. The highest BCUT2D eigenvalue weighted by Gasteiger charge is 2.12. The SMILES string of the molecule is CC(C)OCCCNCc1ccc(-c2cc(C(=O)O)ccc2Cl)o1.Cl. The van der Waals surface area contributed by atoms with Gasteiger partial charge in [-0.3, -0.25) is 0 Å². The molecule has 0 amide bonds. The summed E-state index contributed by atoms with van der Waals surface area (Å²) in [5.74, 6) is 0.333. The van der Waals surface area contributed by atoms with Crippen LogP contribution in [0.4, 0.5) is 0 Å². The van der Waals surface area contributed by atoms with Gasteiger partial charge in [-0.25, -0.2) is 4.79 Å². The summed E-state index contributed by atoms with van der Waals surface area (Å²) < 4.78 is 11.2. The average molecular weight is 388 g/mol. The fourth-order valence-corrected chi connectivity index (χ4v) is 2.40. The molecule has 1 aromatic carbocycles. The molecule has 2 N–H and O–H groups in total. The molecule has 5 nitrogen and oxygen atoms in total. The smallest absolute Gasteiger partial charge is 0.335 e. The Labute approximate surface area is 158 Å². The van der Waals surface area contributed by atoms with Gasteiger partial charge in [0, 0.05) is 12.2 Å². The first kappa shape index (κ1) is 21.5. The van der Waals surface area contributed by atoms with Crippen LogP contribution in [0.1, 0.15) is 36.4 Å². The van der Waals surface area contributed by atoms with Crippen LogP contribution in [0.2, 0.25) is 5.02 Å². The molecule has 0 fully saturated rings. The third-order valence-electron chi connectivity index (χ3n) is 3.39. The quantitative estimate of drug-likeness (QED) is 0.613. The third kappa shape index (κ3) is 6.71. The van der Waals surface area contributed by atoms with E-state index >= 15 is 0 Å². The van der Waals surface area contributed by atoms with Crippen molar-refractivity contribution in [1.29, 1.82) is 0 Å². The molecule has 0 aliphatic heterocycles. The predicted octanol–water partition coefficient (Wildman–Crippen LogP) is 4.62. The minimum Gasteiger partial charge on any atom is -0.478 e. The number of hydrogen-bond donors (Lipinski definition) is 2. The number of carbonyl (C=O) groups is 1. The molecule has 138 valence electrons. The van der Waals surface area contributed by atoms with Crippen molar-refractivity contribution in [3.8, 4) is 11.3 Å². The maximum Gasteiger partial charge on any atom is 0.335 e. The van der Waals surface area contributed by atoms with Gasteiger partial charge in [0.15, 0.2) is 0 Å². The van der Waals surface area contributed by atoms with Crippen molar-refractivity contribution in [2.75, 3.05) is 13.2 Å². The van der Waals surface area contributed by atoms with Crippen LogP contribution in [0, 0.1) is 0 Å². The first-order chi connectivity index (χ1) is 11.5. The fourth-order valence-electron chi connectivity index (χ4n) is 2.19. The zero-order valence-electron chi connectivity index (χ0n) is 14.3. The fraction of sp³-hybridized carbons (Fsp3) is 0.389. The molecular formula is C18H23Cl2NO4. The van der Waals surface area contributed by atoms with E-state index in [1.54, 1.807) is 12.1 Å². The maximum absolute atomic E-state index is 11.1. The molecule has 0 spiro atoms. The summed E-state index contributed by atoms with van der Waals surface area (Å²) >= 11 is 6.15. The second-order valence-electron chi connectivity index (χ2n) is 5.72. The monoisotopic (exact) mass is 387 g/mol. The standard InChI is InChI=1S/C18H22ClNO4.ClH/c1-12(2)23-9-3-8-20-11-14-5-7-17(24-14)15-10-13(18(21)22)4-6-16(15)19;/h4-7,10,12,20H,3,8-9,11H2,1-2H3,(H,21,22);1H. The number of ether oxygens (including phenoxy) is 1. The van der Waals surface area contributed by atoms with Crippen molar-refractivity contribution in [2.24, 2.45) is 0 Å². The van der Waals surface area contributed by atoms with Gasteiger partial charge in [-0.1, -0.05) is 11.6 Å². The Kier molecular flexibility index (Phi) is 9.00. The molecule has 0 aliphatic carbocycles. The van der Waals surface area contributed by atoms with Gasteiger partial charge in [-0.15, -0.1) is 12.4 Å². The lowest BCUT2D eigenvalue weighted by Crippen LogP contribution is -2.17. The van der Waals surface area contributed by atoms with Crippen molar-refractivity contribution >= 4 is 30.0 Å². The molecule has 25 heavy (non-hydrogen) atoms. The number of aromatic carboxylic acids is 1. The zero-order valence-corrected chi connectivity index (χ0v) is 15.8. The molecule has 1 aromatic heterocycles. The maximum atomic E-state index is 11.1. The van der Waals surface area contributed by atoms with Crippen LogP contribution in [0.15, 0.2) is 34.7 Å². The van der Waals surface area contributed by atoms with Gasteiger partial charge < -0.3 is 19.6 Å². The van der Waals surface area contributed by atoms with E-state index in [1.165, 1.54) is 12.1 Å². The van der Waals surface area contributed by atoms with E-state index in [-0.39, 0.29) is 24.1 Å². The summed E-state index contributed by atoms with van der Waals surface area (Å²) in [5.41, 5.74) is 0.753. The van der Waals surface area contributed by atoms with Crippen molar-refractivity contribution in [3.63, 3.8) is 0 Å². The van der Waals surface area contributed by atoms with Crippen LogP contribution in [0.5, 0.6) is 0 Å². The van der Waals surface area contributed by atoms with E-state index in [1.807, 2.05) is 19.9 Å². The van der Waals surface area contributed by atoms with E-state index < -0.39 is 5.97 Å². The van der Waals surface area contributed by atoms with E-state index in [0.29, 0.717) is 22.9 Å². The van der Waals surface area contributed by atoms with Gasteiger partial charge in [-0.05, 0) is 57.1 Å². The molecule has 0 aliphatic rings. The van der Waals surface area contributed by atoms with Crippen molar-refractivity contribution in [3.05, 3.63) is 46.7 Å². The number of hydrogen-bond acceptors (Lipinski definition) is 4. The largest absolute Gasteiger partial charge is 0.478 e. The van der Waals surface area contributed by atoms with E-state index in [0.717, 1.165) is 25.3 Å². The Hall–Kier alpha value is -1.53. The minimum absolute atomic E-state index is 0. The topological polar surface area (TPSA) is 71.7 Å². The lowest BCUT2D eigenvalue weighted by molar-refractivity contribution is 0.0696. The van der Waals surface area contributed by atoms with E-state index in [2.05, 4.69) is 5.32 Å². The van der Waals surface area contributed by atoms with E-state index in [9.17, 15) is 4.79 Å². The molecule has 0 atom stereocenters. The van der Waals surface area contributed by atoms with Crippen LogP contribution in [0.3, 0.4) is 0 Å². The molecule has 2 aromatic rings. The normalized spacial score (nSPS) is 10.7. The molecule has 0 radical (unpaired) electrons. The van der Waals surface area contributed by atoms with Gasteiger partial charge in [-0.2, -0.15) is 0 Å². The number of benzene rings is 1. The van der Waals surface area contributed by atoms with Gasteiger partial charge in [0.25, 0.3) is 0 Å². The number of rotatable bonds is 9. The summed E-state index contributed by atoms with van der Waals surface area (Å²) in [6, 6.07) is 8.21. The van der Waals surface area contributed by atoms with Crippen LogP contribution >= 0.6 is 24.0 Å². The van der Waals surface area contributed by atoms with Gasteiger partial charge in [0.2, 0.25) is 0 Å². The lowest BCUT2D eigenvalue weighted by atomic mass is 10.1. The number of carboxylic acids is 1. The molecular weight excluding hydrogens is 365 g/mol. The second-order valence-corrected chi connectivity index (χ2v) is 6.12. The summed E-state index contributed by atoms with van der Waals surface area (Å²) in [5, 5.41) is 12.8. The Morgan fingerprint density at radius 3 is 2.76 bits per heavy atom. The lowest BCUT2D eigenvalue weighted by Gasteiger charge is -2.07. The first-order valence-corrected chi connectivity index (χ1v) is 8.29. The highest BCUT2D eigenvalue weighted by molar-refractivity contribution is 6.33. The average Bonchev–Trinajstić information content (AvgIpc) is 2.99. The molecule has 0 saturated carbocycles. The molecule has 0 saturated heterocycles. The van der Waals surface area contributed by atoms with Crippen LogP contribution in [-0.2, 0) is 11.3 Å². The summed E-state index contributed by atoms with van der Waals surface area (Å²) in [6.07, 6.45) is 1.18. The van der Waals surface area contributed by atoms with E-state index in [4.69, 9.17) is 25.9 Å².